The van der Waals surface area contributed by atoms with E-state index >= 15 is 0 Å². The number of allylic oxidation sites excluding steroid dienone is 1. The molecule has 4 aliphatic carbocycles. The van der Waals surface area contributed by atoms with Gasteiger partial charge in [0.1, 0.15) is 17.4 Å². The minimum atomic E-state index is -0.688. The molecule has 0 bridgehead atoms. The van der Waals surface area contributed by atoms with Crippen molar-refractivity contribution in [3.05, 3.63) is 41.2 Å². The molecule has 3 heterocycles. The number of nitrogen functional groups attached to an aromatic ring is 1. The van der Waals surface area contributed by atoms with Gasteiger partial charge in [-0.25, -0.2) is 14.8 Å². The van der Waals surface area contributed by atoms with Gasteiger partial charge in [0.25, 0.3) is 0 Å². The van der Waals surface area contributed by atoms with Gasteiger partial charge >= 0.3 is 6.09 Å². The van der Waals surface area contributed by atoms with E-state index in [1.165, 1.54) is 62.5 Å². The fourth-order valence-electron chi connectivity index (χ4n) is 15.4. The summed E-state index contributed by atoms with van der Waals surface area (Å²) in [5.41, 5.74) is 11.6. The van der Waals surface area contributed by atoms with Crippen LogP contribution in [0.25, 0.3) is 21.9 Å². The van der Waals surface area contributed by atoms with E-state index in [1.54, 1.807) is 0 Å². The predicted octanol–water partition coefficient (Wildman–Crippen LogP) is 9.12. The molecule has 2 aromatic heterocycles. The molecule has 1 aliphatic heterocycles. The summed E-state index contributed by atoms with van der Waals surface area (Å²) in [5.74, 6) is 5.99. The Balaban J connectivity index is 0.579. The summed E-state index contributed by atoms with van der Waals surface area (Å²) in [4.78, 5) is 39.6. The van der Waals surface area contributed by atoms with Crippen molar-refractivity contribution in [2.45, 2.75) is 157 Å². The second-order valence-electron chi connectivity index (χ2n) is 26.6. The summed E-state index contributed by atoms with van der Waals surface area (Å²) in [6.07, 6.45) is 19.2. The van der Waals surface area contributed by atoms with E-state index in [0.29, 0.717) is 89.2 Å². The van der Waals surface area contributed by atoms with Gasteiger partial charge in [-0.1, -0.05) is 84.6 Å². The Morgan fingerprint density at radius 2 is 1.49 bits per heavy atom. The number of aryl methyl sites for hydroxylation is 2. The maximum Gasteiger partial charge on any atom is 0.407 e. The third-order valence-electron chi connectivity index (χ3n) is 20.3. The number of aliphatic hydroxyl groups is 2. The number of alkyl carbamates (subject to hydrolysis) is 1. The number of aliphatic hydroxyl groups excluding tert-OH is 2. The Hall–Kier alpha value is -3.94. The minimum Gasteiger partial charge on any atom is -0.446 e. The number of fused-ring (bicyclic) bond motifs is 8. The van der Waals surface area contributed by atoms with Crippen molar-refractivity contribution in [1.29, 1.82) is 0 Å². The third kappa shape index (κ3) is 16.5. The van der Waals surface area contributed by atoms with Crippen LogP contribution in [0.1, 0.15) is 143 Å². The van der Waals surface area contributed by atoms with Gasteiger partial charge in [-0.15, -0.1) is 0 Å². The minimum absolute atomic E-state index is 0.0731. The highest BCUT2D eigenvalue weighted by molar-refractivity contribution is 6.06. The highest BCUT2D eigenvalue weighted by Crippen LogP contribution is 2.67. The first kappa shape index (κ1) is 64.1. The number of ether oxygens (including phenoxy) is 5. The first-order valence-corrected chi connectivity index (χ1v) is 32.0. The Morgan fingerprint density at radius 1 is 0.805 bits per heavy atom. The zero-order valence-corrected chi connectivity index (χ0v) is 51.5. The van der Waals surface area contributed by atoms with E-state index in [9.17, 15) is 19.8 Å². The van der Waals surface area contributed by atoms with Crippen LogP contribution in [-0.2, 0) is 41.4 Å². The molecule has 0 unspecified atom stereocenters. The van der Waals surface area contributed by atoms with E-state index < -0.39 is 5.41 Å². The number of piperazine rings is 1. The highest BCUT2D eigenvalue weighted by Gasteiger charge is 2.59. The van der Waals surface area contributed by atoms with Crippen LogP contribution in [0.2, 0.25) is 0 Å². The van der Waals surface area contributed by atoms with Crippen LogP contribution in [-0.4, -0.2) is 171 Å². The quantitative estimate of drug-likeness (QED) is 0.0285. The number of carbonyl (C=O) groups excluding carboxylic acids is 2. The number of anilines is 1. The number of carbonyl (C=O) groups is 2. The number of nitrogens with two attached hydrogens (primary N) is 1. The number of hydrogen-bond donors (Lipinski definition) is 5. The summed E-state index contributed by atoms with van der Waals surface area (Å²) in [5, 5.41) is 26.7. The summed E-state index contributed by atoms with van der Waals surface area (Å²) in [6.45, 7) is 27.1. The molecule has 2 amide bonds. The molecule has 17 nitrogen and oxygen atoms in total. The summed E-state index contributed by atoms with van der Waals surface area (Å²) in [6, 6.07) is 6.41. The number of hydrogen-bond acceptors (Lipinski definition) is 14. The van der Waals surface area contributed by atoms with Gasteiger partial charge in [0.15, 0.2) is 5.82 Å². The summed E-state index contributed by atoms with van der Waals surface area (Å²) >= 11 is 0. The van der Waals surface area contributed by atoms with Gasteiger partial charge in [-0.05, 0) is 136 Å². The van der Waals surface area contributed by atoms with Gasteiger partial charge in [-0.3, -0.25) is 4.79 Å². The lowest BCUT2D eigenvalue weighted by atomic mass is 9.47. The van der Waals surface area contributed by atoms with Crippen molar-refractivity contribution in [3.8, 4) is 0 Å². The molecule has 1 aromatic carbocycles. The van der Waals surface area contributed by atoms with Crippen LogP contribution in [0.15, 0.2) is 29.8 Å². The zero-order valence-electron chi connectivity index (χ0n) is 51.5. The second-order valence-corrected chi connectivity index (χ2v) is 26.6. The van der Waals surface area contributed by atoms with Crippen LogP contribution in [0.3, 0.4) is 0 Å². The van der Waals surface area contributed by atoms with E-state index in [-0.39, 0.29) is 43.2 Å². The second kappa shape index (κ2) is 30.4. The number of rotatable bonds is 33. The number of amides is 2. The molecule has 8 atom stereocenters. The number of benzene rings is 1. The van der Waals surface area contributed by atoms with Crippen molar-refractivity contribution in [3.63, 3.8) is 0 Å². The SMILES string of the molecule is Cc1nc2c(N)nc3cc(CCCN4CCN(CCCOCCOCCNC(=O)CCOCCOCCNC(=O)O[C@H]5CC[C@@]6(C)C(=CC[C@H]7[C@@H]8CC[C@H]([C@H](C)CCCC(C)C)[C@@]8(C)CC[C@@H]76)C5)CC4)ccc3c2n1CC(C)(CO)CO. The molecule has 0 radical (unpaired) electrons. The van der Waals surface area contributed by atoms with Gasteiger partial charge < -0.3 is 64.6 Å². The molecule has 5 aliphatic rings. The molecule has 8 rings (SSSR count). The predicted molar refractivity (Wildman–Crippen MR) is 325 cm³/mol. The maximum atomic E-state index is 12.8. The molecule has 3 saturated carbocycles. The standard InChI is InChI=1S/C65H106N8O9/c1-46(2)11-8-12-47(3)54-18-19-55-52-17-15-50-42-51(20-23-64(50,6)56(52)21-24-65(54,55)7)82-62(77)68-26-36-81-40-38-79-34-22-58(76)67-25-35-80-39-37-78-33-10-28-72-31-29-71(30-32-72)27-9-13-49-14-16-53-57(41-49)70-61(66)59-60(53)73(48(4)69-59)43-63(5,44-74)45-75/h14-16,41,46-47,51-52,54-56,74-75H,8-13,17-40,42-45H2,1-7H3,(H2,66,70)(H,67,76)(H,68,77)/t47-,51+,52+,54-,55+,56+,64+,65-/m1/s1. The topological polar surface area (TPSA) is 208 Å². The molecular formula is C65H106N8O9. The highest BCUT2D eigenvalue weighted by atomic mass is 16.6. The van der Waals surface area contributed by atoms with Crippen LogP contribution in [0, 0.1) is 58.7 Å². The number of pyridine rings is 1. The van der Waals surface area contributed by atoms with Crippen LogP contribution >= 0.6 is 0 Å². The lowest BCUT2D eigenvalue weighted by molar-refractivity contribution is -0.122. The Morgan fingerprint density at radius 3 is 2.20 bits per heavy atom. The average molecular weight is 1140 g/mol. The first-order chi connectivity index (χ1) is 39.5. The van der Waals surface area contributed by atoms with Crippen LogP contribution in [0.5, 0.6) is 0 Å². The van der Waals surface area contributed by atoms with E-state index in [4.69, 9.17) is 39.4 Å². The fraction of sp³-hybridized carbons (Fsp3) is 0.785. The molecular weight excluding hydrogens is 1040 g/mol. The number of imidazole rings is 1. The lowest BCUT2D eigenvalue weighted by Gasteiger charge is -2.58. The van der Waals surface area contributed by atoms with Crippen LogP contribution < -0.4 is 16.4 Å². The van der Waals surface area contributed by atoms with Gasteiger partial charge in [0, 0.05) is 82.6 Å². The van der Waals surface area contributed by atoms with E-state index in [2.05, 4.69) is 79.3 Å². The van der Waals surface area contributed by atoms with Crippen molar-refractivity contribution < 1.29 is 43.5 Å². The Kier molecular flexibility index (Phi) is 23.8. The largest absolute Gasteiger partial charge is 0.446 e. The van der Waals surface area contributed by atoms with Gasteiger partial charge in [0.05, 0.1) is 70.5 Å². The lowest BCUT2D eigenvalue weighted by Crippen LogP contribution is -2.51. The molecule has 17 heteroatoms. The molecule has 3 aromatic rings. The molecule has 6 N–H and O–H groups in total. The summed E-state index contributed by atoms with van der Waals surface area (Å²) in [7, 11) is 0. The van der Waals surface area contributed by atoms with E-state index in [1.807, 2.05) is 18.4 Å². The number of aromatic nitrogens is 3. The van der Waals surface area contributed by atoms with Gasteiger partial charge in [-0.2, -0.15) is 0 Å². The van der Waals surface area contributed by atoms with Crippen molar-refractivity contribution in [2.75, 3.05) is 124 Å². The third-order valence-corrected chi connectivity index (χ3v) is 20.3. The number of nitrogens with one attached hydrogen (secondary N) is 2. The van der Waals surface area contributed by atoms with Crippen molar-refractivity contribution in [1.82, 2.24) is 35.0 Å². The molecule has 0 spiro atoms. The van der Waals surface area contributed by atoms with Crippen molar-refractivity contribution >= 4 is 39.8 Å². The maximum absolute atomic E-state index is 12.8. The monoisotopic (exact) mass is 1140 g/mol. The molecule has 4 fully saturated rings. The van der Waals surface area contributed by atoms with Gasteiger partial charge in [0.2, 0.25) is 5.91 Å². The average Bonchev–Trinajstić information content (AvgIpc) is 1.92. The number of nitrogens with zero attached hydrogens (tertiary/aromatic N) is 5. The van der Waals surface area contributed by atoms with E-state index in [0.717, 1.165) is 136 Å². The van der Waals surface area contributed by atoms with Crippen molar-refractivity contribution in [2.24, 2.45) is 51.8 Å². The first-order valence-electron chi connectivity index (χ1n) is 32.0. The van der Waals surface area contributed by atoms with Crippen LogP contribution in [0.4, 0.5) is 10.6 Å². The summed E-state index contributed by atoms with van der Waals surface area (Å²) < 4.78 is 30.8. The molecule has 82 heavy (non-hydrogen) atoms. The zero-order chi connectivity index (χ0) is 58.3. The normalized spacial score (nSPS) is 25.5. The Labute approximate surface area is 490 Å². The smallest absolute Gasteiger partial charge is 0.407 e. The fourth-order valence-corrected chi connectivity index (χ4v) is 15.4. The molecule has 460 valence electrons. The Bertz CT molecular complexity index is 2530. The molecule has 1 saturated heterocycles.